The van der Waals surface area contributed by atoms with Gasteiger partial charge in [0.1, 0.15) is 13.2 Å². The molecule has 0 aromatic rings. The third kappa shape index (κ3) is 54.4. The van der Waals surface area contributed by atoms with Crippen LogP contribution in [0.4, 0.5) is 0 Å². The van der Waals surface area contributed by atoms with E-state index in [1.807, 2.05) is 0 Å². The van der Waals surface area contributed by atoms with Crippen molar-refractivity contribution in [2.24, 2.45) is 0 Å². The maximum absolute atomic E-state index is 12.8. The van der Waals surface area contributed by atoms with Crippen LogP contribution >= 0.6 is 0 Å². The Kier molecular flexibility index (Phi) is 54.2. The largest absolute Gasteiger partial charge is 0.462 e. The molecular weight excluding hydrogens is 829 g/mol. The van der Waals surface area contributed by atoms with E-state index < -0.39 is 6.10 Å². The van der Waals surface area contributed by atoms with Crippen LogP contribution in [-0.2, 0) is 28.6 Å². The lowest BCUT2D eigenvalue weighted by Crippen LogP contribution is -2.30. The summed E-state index contributed by atoms with van der Waals surface area (Å²) >= 11 is 0. The molecule has 0 aliphatic rings. The number of carbonyl (C=O) groups excluding carboxylic acids is 3. The van der Waals surface area contributed by atoms with Crippen molar-refractivity contribution < 1.29 is 28.6 Å². The Bertz CT molecular complexity index is 1130. The van der Waals surface area contributed by atoms with Crippen molar-refractivity contribution in [2.75, 3.05) is 13.2 Å². The second-order valence-electron chi connectivity index (χ2n) is 19.9. The highest BCUT2D eigenvalue weighted by Gasteiger charge is 2.19. The van der Waals surface area contributed by atoms with Crippen LogP contribution in [0.3, 0.4) is 0 Å². The fraction of sp³-hybridized carbons (Fsp3) is 0.852. The van der Waals surface area contributed by atoms with Crippen LogP contribution in [0.1, 0.15) is 316 Å². The highest BCUT2D eigenvalue weighted by atomic mass is 16.6. The summed E-state index contributed by atoms with van der Waals surface area (Å²) in [6.45, 7) is 6.64. The van der Waals surface area contributed by atoms with E-state index in [1.54, 1.807) is 0 Å². The van der Waals surface area contributed by atoms with Gasteiger partial charge in [-0.1, -0.05) is 256 Å². The van der Waals surface area contributed by atoms with E-state index in [-0.39, 0.29) is 31.1 Å². The molecule has 0 fully saturated rings. The van der Waals surface area contributed by atoms with Crippen molar-refractivity contribution in [2.45, 2.75) is 322 Å². The van der Waals surface area contributed by atoms with Crippen molar-refractivity contribution >= 4 is 17.9 Å². The van der Waals surface area contributed by atoms with Crippen LogP contribution < -0.4 is 0 Å². The van der Waals surface area contributed by atoms with Crippen molar-refractivity contribution in [1.29, 1.82) is 0 Å². The molecule has 0 saturated heterocycles. The first kappa shape index (κ1) is 64.6. The zero-order valence-electron chi connectivity index (χ0n) is 44.9. The fourth-order valence-electron chi connectivity index (χ4n) is 8.65. The molecule has 0 aliphatic heterocycles. The molecule has 6 nitrogen and oxygen atoms in total. The molecule has 392 valence electrons. The highest BCUT2D eigenvalue weighted by molar-refractivity contribution is 5.71. The first-order valence-electron chi connectivity index (χ1n) is 29.5. The summed E-state index contributed by atoms with van der Waals surface area (Å²) in [6, 6.07) is 0. The van der Waals surface area contributed by atoms with Gasteiger partial charge in [0.05, 0.1) is 0 Å². The summed E-state index contributed by atoms with van der Waals surface area (Å²) in [5.41, 5.74) is 0. The van der Waals surface area contributed by atoms with Gasteiger partial charge in [-0.05, 0) is 77.0 Å². The third-order valence-electron chi connectivity index (χ3n) is 13.1. The zero-order valence-corrected chi connectivity index (χ0v) is 44.9. The minimum atomic E-state index is -0.777. The van der Waals surface area contributed by atoms with Crippen LogP contribution in [0.15, 0.2) is 36.5 Å². The van der Waals surface area contributed by atoms with Gasteiger partial charge in [-0.15, -0.1) is 0 Å². The summed E-state index contributed by atoms with van der Waals surface area (Å²) in [6.07, 6.45) is 67.0. The van der Waals surface area contributed by atoms with Crippen molar-refractivity contribution in [3.63, 3.8) is 0 Å². The van der Waals surface area contributed by atoms with Crippen LogP contribution in [0.5, 0.6) is 0 Å². The van der Waals surface area contributed by atoms with Gasteiger partial charge in [0.2, 0.25) is 0 Å². The van der Waals surface area contributed by atoms with Gasteiger partial charge in [-0.3, -0.25) is 14.4 Å². The zero-order chi connectivity index (χ0) is 48.6. The molecule has 0 aromatic heterocycles. The van der Waals surface area contributed by atoms with E-state index in [2.05, 4.69) is 57.2 Å². The number of hydrogen-bond acceptors (Lipinski definition) is 6. The normalized spacial score (nSPS) is 12.2. The lowest BCUT2D eigenvalue weighted by molar-refractivity contribution is -0.167. The molecule has 0 aromatic carbocycles. The van der Waals surface area contributed by atoms with Gasteiger partial charge in [-0.2, -0.15) is 0 Å². The summed E-state index contributed by atoms with van der Waals surface area (Å²) in [7, 11) is 0. The molecule has 0 N–H and O–H groups in total. The summed E-state index contributed by atoms with van der Waals surface area (Å²) < 4.78 is 16.9. The van der Waals surface area contributed by atoms with Crippen LogP contribution in [0.25, 0.3) is 0 Å². The number of hydrogen-bond donors (Lipinski definition) is 0. The van der Waals surface area contributed by atoms with Gasteiger partial charge in [0.25, 0.3) is 0 Å². The maximum atomic E-state index is 12.8. The minimum absolute atomic E-state index is 0.0747. The molecule has 1 atom stereocenters. The predicted octanol–water partition coefficient (Wildman–Crippen LogP) is 19.7. The Morgan fingerprint density at radius 3 is 0.866 bits per heavy atom. The maximum Gasteiger partial charge on any atom is 0.306 e. The Balaban J connectivity index is 4.34. The third-order valence-corrected chi connectivity index (χ3v) is 13.1. The molecule has 0 amide bonds. The predicted molar refractivity (Wildman–Crippen MR) is 289 cm³/mol. The van der Waals surface area contributed by atoms with Crippen molar-refractivity contribution in [1.82, 2.24) is 0 Å². The molecule has 0 aliphatic carbocycles. The smallest absolute Gasteiger partial charge is 0.306 e. The molecule has 0 radical (unpaired) electrons. The van der Waals surface area contributed by atoms with E-state index in [0.29, 0.717) is 19.3 Å². The van der Waals surface area contributed by atoms with Gasteiger partial charge in [0, 0.05) is 19.3 Å². The lowest BCUT2D eigenvalue weighted by Gasteiger charge is -2.18. The Hall–Kier alpha value is -2.37. The second-order valence-corrected chi connectivity index (χ2v) is 19.9. The van der Waals surface area contributed by atoms with Gasteiger partial charge >= 0.3 is 17.9 Å². The topological polar surface area (TPSA) is 78.9 Å². The Morgan fingerprint density at radius 1 is 0.299 bits per heavy atom. The standard InChI is InChI=1S/C61H112O6/c1-4-7-10-13-16-19-22-25-28-29-30-31-34-36-39-42-45-48-51-54-60(63)66-57-58(67-61(64)55-52-49-46-43-40-37-33-27-24-21-18-15-12-9-6-3)56-65-59(62)53-50-47-44-41-38-35-32-26-23-20-17-14-11-8-5-2/h18,21,25,27-28,33,58H,4-17,19-20,22-24,26,29-32,34-57H2,1-3H3/b21-18-,28-25-,33-27-/t58-/m0/s1. The molecule has 0 rings (SSSR count). The van der Waals surface area contributed by atoms with E-state index in [9.17, 15) is 14.4 Å². The molecule has 67 heavy (non-hydrogen) atoms. The van der Waals surface area contributed by atoms with E-state index in [0.717, 1.165) is 83.5 Å². The average molecular weight is 942 g/mol. The van der Waals surface area contributed by atoms with Gasteiger partial charge in [-0.25, -0.2) is 0 Å². The van der Waals surface area contributed by atoms with E-state index in [1.165, 1.54) is 193 Å². The van der Waals surface area contributed by atoms with Gasteiger partial charge in [0.15, 0.2) is 6.10 Å². The van der Waals surface area contributed by atoms with Crippen molar-refractivity contribution in [3.05, 3.63) is 36.5 Å². The van der Waals surface area contributed by atoms with Gasteiger partial charge < -0.3 is 14.2 Å². The molecule has 6 heteroatoms. The quantitative estimate of drug-likeness (QED) is 0.0262. The van der Waals surface area contributed by atoms with Crippen molar-refractivity contribution in [3.8, 4) is 0 Å². The summed E-state index contributed by atoms with van der Waals surface area (Å²) in [4.78, 5) is 38.2. The van der Waals surface area contributed by atoms with E-state index in [4.69, 9.17) is 14.2 Å². The minimum Gasteiger partial charge on any atom is -0.462 e. The number of esters is 3. The number of unbranched alkanes of at least 4 members (excludes halogenated alkanes) is 37. The number of carbonyl (C=O) groups is 3. The first-order chi connectivity index (χ1) is 33.0. The molecule has 0 spiro atoms. The monoisotopic (exact) mass is 941 g/mol. The number of allylic oxidation sites excluding steroid dienone is 6. The first-order valence-corrected chi connectivity index (χ1v) is 29.5. The molecule has 0 heterocycles. The molecule has 0 saturated carbocycles. The fourth-order valence-corrected chi connectivity index (χ4v) is 8.65. The summed E-state index contributed by atoms with van der Waals surface area (Å²) in [5.74, 6) is -0.872. The van der Waals surface area contributed by atoms with Crippen LogP contribution in [-0.4, -0.2) is 37.2 Å². The second kappa shape index (κ2) is 56.2. The van der Waals surface area contributed by atoms with Crippen LogP contribution in [0, 0.1) is 0 Å². The Morgan fingerprint density at radius 2 is 0.537 bits per heavy atom. The highest BCUT2D eigenvalue weighted by Crippen LogP contribution is 2.16. The number of rotatable bonds is 54. The molecular formula is C61H112O6. The summed E-state index contributed by atoms with van der Waals surface area (Å²) in [5, 5.41) is 0. The molecule has 0 unspecified atom stereocenters. The Labute approximate surface area is 416 Å². The average Bonchev–Trinajstić information content (AvgIpc) is 3.33. The van der Waals surface area contributed by atoms with Crippen LogP contribution in [0.2, 0.25) is 0 Å². The SMILES string of the molecule is CCCCC/C=C\C/C=C\CCCCCCCC(=O)O[C@H](COC(=O)CCCCCCCCCCC/C=C\CCCCCCCC)COC(=O)CCCCCCCCCCCCCCCCC. The number of ether oxygens (including phenoxy) is 3. The molecule has 0 bridgehead atoms. The van der Waals surface area contributed by atoms with E-state index >= 15 is 0 Å². The lowest BCUT2D eigenvalue weighted by atomic mass is 10.0.